The summed E-state index contributed by atoms with van der Waals surface area (Å²) >= 11 is 1.46. The number of amides is 1. The van der Waals surface area contributed by atoms with Crippen LogP contribution in [-0.4, -0.2) is 53.6 Å². The highest BCUT2D eigenvalue weighted by Gasteiger charge is 2.25. The molecule has 0 radical (unpaired) electrons. The van der Waals surface area contributed by atoms with Crippen molar-refractivity contribution in [2.45, 2.75) is 6.54 Å². The predicted molar refractivity (Wildman–Crippen MR) is 116 cm³/mol. The van der Waals surface area contributed by atoms with Crippen LogP contribution in [-0.2, 0) is 6.54 Å². The molecule has 156 valence electrons. The Bertz CT molecular complexity index is 1140. The minimum atomic E-state index is -0.563. The van der Waals surface area contributed by atoms with E-state index >= 15 is 0 Å². The highest BCUT2D eigenvalue weighted by atomic mass is 32.1. The van der Waals surface area contributed by atoms with Gasteiger partial charge in [0.1, 0.15) is 11.3 Å². The summed E-state index contributed by atoms with van der Waals surface area (Å²) in [6, 6.07) is 11.5. The minimum Gasteiger partial charge on any atom is -0.497 e. The van der Waals surface area contributed by atoms with E-state index in [-0.39, 0.29) is 18.0 Å². The van der Waals surface area contributed by atoms with E-state index in [9.17, 15) is 14.4 Å². The first-order chi connectivity index (χ1) is 14.6. The summed E-state index contributed by atoms with van der Waals surface area (Å²) in [4.78, 5) is 45.2. The molecule has 1 saturated heterocycles. The number of rotatable bonds is 5. The maximum Gasteiger partial charge on any atom is 0.328 e. The number of nitrogens with one attached hydrogen (secondary N) is 1. The van der Waals surface area contributed by atoms with Gasteiger partial charge in [-0.1, -0.05) is 12.1 Å². The Labute approximate surface area is 177 Å². The molecule has 3 heterocycles. The normalized spacial score (nSPS) is 14.0. The van der Waals surface area contributed by atoms with Crippen molar-refractivity contribution in [2.24, 2.45) is 0 Å². The highest BCUT2D eigenvalue weighted by Crippen LogP contribution is 2.22. The first-order valence-electron chi connectivity index (χ1n) is 9.60. The number of ether oxygens (including phenoxy) is 1. The van der Waals surface area contributed by atoms with Crippen LogP contribution in [0.15, 0.2) is 57.6 Å². The Morgan fingerprint density at radius 1 is 1.13 bits per heavy atom. The van der Waals surface area contributed by atoms with E-state index in [1.54, 1.807) is 12.0 Å². The summed E-state index contributed by atoms with van der Waals surface area (Å²) in [5.74, 6) is 0.423. The Hall–Kier alpha value is -3.33. The van der Waals surface area contributed by atoms with Crippen LogP contribution in [0.3, 0.4) is 0 Å². The van der Waals surface area contributed by atoms with Gasteiger partial charge in [-0.15, -0.1) is 11.3 Å². The quantitative estimate of drug-likeness (QED) is 0.670. The van der Waals surface area contributed by atoms with Gasteiger partial charge in [0.15, 0.2) is 0 Å². The molecule has 30 heavy (non-hydrogen) atoms. The van der Waals surface area contributed by atoms with Crippen LogP contribution in [0.25, 0.3) is 0 Å². The van der Waals surface area contributed by atoms with Crippen molar-refractivity contribution >= 4 is 22.9 Å². The number of carbonyl (C=O) groups is 1. The topological polar surface area (TPSA) is 87.6 Å². The van der Waals surface area contributed by atoms with Gasteiger partial charge in [0.25, 0.3) is 11.5 Å². The molecule has 4 rings (SSSR count). The molecule has 1 N–H and O–H groups in total. The van der Waals surface area contributed by atoms with Crippen molar-refractivity contribution in [3.63, 3.8) is 0 Å². The third-order valence-corrected chi connectivity index (χ3v) is 6.03. The maximum atomic E-state index is 13.0. The zero-order chi connectivity index (χ0) is 21.1. The molecular weight excluding hydrogens is 404 g/mol. The van der Waals surface area contributed by atoms with Gasteiger partial charge in [0, 0.05) is 49.0 Å². The van der Waals surface area contributed by atoms with Crippen molar-refractivity contribution < 1.29 is 9.53 Å². The molecule has 1 aliphatic heterocycles. The number of benzene rings is 1. The fourth-order valence-corrected chi connectivity index (χ4v) is 4.20. The van der Waals surface area contributed by atoms with E-state index in [1.807, 2.05) is 41.8 Å². The summed E-state index contributed by atoms with van der Waals surface area (Å²) in [6.45, 7) is 2.41. The van der Waals surface area contributed by atoms with E-state index in [1.165, 1.54) is 17.5 Å². The van der Waals surface area contributed by atoms with Gasteiger partial charge in [-0.2, -0.15) is 0 Å². The van der Waals surface area contributed by atoms with Crippen molar-refractivity contribution in [3.05, 3.63) is 79.3 Å². The summed E-state index contributed by atoms with van der Waals surface area (Å²) in [5.41, 5.74) is -0.0649. The van der Waals surface area contributed by atoms with Gasteiger partial charge in [-0.3, -0.25) is 14.2 Å². The lowest BCUT2D eigenvalue weighted by Crippen LogP contribution is -2.50. The number of aromatic nitrogens is 2. The molecule has 0 bridgehead atoms. The zero-order valence-corrected chi connectivity index (χ0v) is 17.4. The number of piperazine rings is 1. The molecule has 0 unspecified atom stereocenters. The largest absolute Gasteiger partial charge is 0.497 e. The van der Waals surface area contributed by atoms with Gasteiger partial charge >= 0.3 is 5.69 Å². The van der Waals surface area contributed by atoms with Crippen LogP contribution in [0, 0.1) is 0 Å². The average molecular weight is 426 g/mol. The molecular formula is C21H22N4O4S. The van der Waals surface area contributed by atoms with Crippen LogP contribution >= 0.6 is 11.3 Å². The lowest BCUT2D eigenvalue weighted by Gasteiger charge is -2.36. The van der Waals surface area contributed by atoms with Crippen molar-refractivity contribution in [1.82, 2.24) is 14.5 Å². The highest BCUT2D eigenvalue weighted by molar-refractivity contribution is 7.09. The third kappa shape index (κ3) is 4.02. The number of nitrogens with zero attached hydrogens (tertiary/aromatic N) is 3. The second kappa shape index (κ2) is 8.58. The Morgan fingerprint density at radius 2 is 1.93 bits per heavy atom. The van der Waals surface area contributed by atoms with Gasteiger partial charge in [-0.25, -0.2) is 4.79 Å². The summed E-state index contributed by atoms with van der Waals surface area (Å²) in [7, 11) is 1.63. The van der Waals surface area contributed by atoms with Gasteiger partial charge in [0.2, 0.25) is 0 Å². The fourth-order valence-electron chi connectivity index (χ4n) is 3.51. The molecule has 1 fully saturated rings. The molecule has 1 aliphatic rings. The average Bonchev–Trinajstić information content (AvgIpc) is 3.30. The summed E-state index contributed by atoms with van der Waals surface area (Å²) in [6.07, 6.45) is 1.23. The summed E-state index contributed by atoms with van der Waals surface area (Å²) < 4.78 is 6.35. The molecule has 9 heteroatoms. The number of hydrogen-bond donors (Lipinski definition) is 1. The van der Waals surface area contributed by atoms with Crippen LogP contribution in [0.4, 0.5) is 5.69 Å². The standard InChI is InChI=1S/C21H22N4O4S/c1-29-16-5-2-4-15(12-16)23-7-9-24(10-8-23)19(26)18-13-22-21(28)25(20(18)27)14-17-6-3-11-30-17/h2-6,11-13H,7-10,14H2,1H3,(H,22,28). The Balaban J connectivity index is 1.49. The molecule has 0 spiro atoms. The number of H-pyrrole nitrogens is 1. The van der Waals surface area contributed by atoms with E-state index in [0.29, 0.717) is 26.2 Å². The molecule has 0 saturated carbocycles. The van der Waals surface area contributed by atoms with Crippen molar-refractivity contribution in [3.8, 4) is 5.75 Å². The zero-order valence-electron chi connectivity index (χ0n) is 16.5. The number of anilines is 1. The first kappa shape index (κ1) is 20.0. The number of methoxy groups -OCH3 is 1. The SMILES string of the molecule is COc1cccc(N2CCN(C(=O)c3c[nH]c(=O)n(Cc4cccs4)c3=O)CC2)c1. The molecule has 1 amide bonds. The minimum absolute atomic E-state index is 0.0130. The molecule has 0 aliphatic carbocycles. The molecule has 0 atom stereocenters. The predicted octanol–water partition coefficient (Wildman–Crippen LogP) is 1.62. The molecule has 2 aromatic heterocycles. The smallest absolute Gasteiger partial charge is 0.328 e. The Morgan fingerprint density at radius 3 is 2.63 bits per heavy atom. The van der Waals surface area contributed by atoms with Crippen LogP contribution in [0.5, 0.6) is 5.75 Å². The number of thiophene rings is 1. The van der Waals surface area contributed by atoms with Crippen molar-refractivity contribution in [2.75, 3.05) is 38.2 Å². The number of hydrogen-bond acceptors (Lipinski definition) is 6. The monoisotopic (exact) mass is 426 g/mol. The maximum absolute atomic E-state index is 13.0. The molecule has 8 nitrogen and oxygen atoms in total. The molecule has 3 aromatic rings. The van der Waals surface area contributed by atoms with Crippen molar-refractivity contribution in [1.29, 1.82) is 0 Å². The second-order valence-electron chi connectivity index (χ2n) is 6.96. The van der Waals surface area contributed by atoms with Gasteiger partial charge in [-0.05, 0) is 23.6 Å². The van der Waals surface area contributed by atoms with Crippen LogP contribution in [0.2, 0.25) is 0 Å². The second-order valence-corrected chi connectivity index (χ2v) is 7.99. The lowest BCUT2D eigenvalue weighted by atomic mass is 10.2. The van der Waals surface area contributed by atoms with E-state index in [4.69, 9.17) is 4.74 Å². The van der Waals surface area contributed by atoms with E-state index in [0.717, 1.165) is 20.9 Å². The number of carbonyl (C=O) groups excluding carboxylic acids is 1. The third-order valence-electron chi connectivity index (χ3n) is 5.17. The lowest BCUT2D eigenvalue weighted by molar-refractivity contribution is 0.0743. The van der Waals surface area contributed by atoms with Crippen LogP contribution < -0.4 is 20.9 Å². The van der Waals surface area contributed by atoms with Crippen LogP contribution in [0.1, 0.15) is 15.2 Å². The van der Waals surface area contributed by atoms with E-state index in [2.05, 4.69) is 9.88 Å². The first-order valence-corrected chi connectivity index (χ1v) is 10.5. The Kier molecular flexibility index (Phi) is 5.71. The van der Waals surface area contributed by atoms with Gasteiger partial charge in [0.05, 0.1) is 13.7 Å². The fraction of sp³-hybridized carbons (Fsp3) is 0.286. The number of aromatic amines is 1. The summed E-state index contributed by atoms with van der Waals surface area (Å²) in [5, 5.41) is 1.88. The van der Waals surface area contributed by atoms with Gasteiger partial charge < -0.3 is 19.5 Å². The molecule has 1 aromatic carbocycles. The van der Waals surface area contributed by atoms with E-state index < -0.39 is 11.2 Å².